The molecule has 1 saturated heterocycles. The number of benzene rings is 1. The van der Waals surface area contributed by atoms with Crippen LogP contribution in [-0.4, -0.2) is 37.6 Å². The highest BCUT2D eigenvalue weighted by Gasteiger charge is 2.37. The third-order valence-electron chi connectivity index (χ3n) is 4.43. The number of carbonyl (C=O) groups is 2. The summed E-state index contributed by atoms with van der Waals surface area (Å²) in [5.74, 6) is 0.587. The Kier molecular flexibility index (Phi) is 6.39. The average molecular weight is 383 g/mol. The molecule has 0 saturated carbocycles. The summed E-state index contributed by atoms with van der Waals surface area (Å²) in [4.78, 5) is 24.6. The predicted octanol–water partition coefficient (Wildman–Crippen LogP) is 3.17. The Bertz CT molecular complexity index is 685. The predicted molar refractivity (Wildman–Crippen MR) is 101 cm³/mol. The second-order valence-electron chi connectivity index (χ2n) is 7.45. The number of piperidine rings is 1. The van der Waals surface area contributed by atoms with Crippen molar-refractivity contribution in [2.45, 2.75) is 52.6 Å². The van der Waals surface area contributed by atoms with Crippen LogP contribution in [0, 0.1) is 5.41 Å². The van der Waals surface area contributed by atoms with Crippen molar-refractivity contribution in [1.29, 1.82) is 0 Å². The molecule has 1 aliphatic heterocycles. The number of amides is 2. The molecule has 0 aliphatic carbocycles. The van der Waals surface area contributed by atoms with Crippen molar-refractivity contribution >= 4 is 23.4 Å². The van der Waals surface area contributed by atoms with E-state index in [1.165, 1.54) is 7.11 Å². The molecule has 1 fully saturated rings. The van der Waals surface area contributed by atoms with Gasteiger partial charge in [0.1, 0.15) is 0 Å². The molecular formula is C19H27ClN2O4. The van der Waals surface area contributed by atoms with Gasteiger partial charge in [-0.05, 0) is 30.9 Å². The number of rotatable bonds is 5. The van der Waals surface area contributed by atoms with E-state index in [1.54, 1.807) is 12.1 Å². The van der Waals surface area contributed by atoms with Crippen molar-refractivity contribution in [3.8, 4) is 11.5 Å². The molecule has 0 spiro atoms. The Hall–Kier alpha value is -1.95. The van der Waals surface area contributed by atoms with E-state index in [-0.39, 0.29) is 29.3 Å². The van der Waals surface area contributed by atoms with Gasteiger partial charge in [0.05, 0.1) is 30.8 Å². The van der Waals surface area contributed by atoms with Crippen LogP contribution >= 0.6 is 11.6 Å². The molecule has 1 heterocycles. The molecule has 2 amide bonds. The van der Waals surface area contributed by atoms with Gasteiger partial charge >= 0.3 is 0 Å². The Morgan fingerprint density at radius 3 is 2.65 bits per heavy atom. The first kappa shape index (κ1) is 20.4. The molecule has 0 bridgehead atoms. The lowest BCUT2D eigenvalue weighted by atomic mass is 9.78. The van der Waals surface area contributed by atoms with Crippen LogP contribution in [0.3, 0.4) is 0 Å². The minimum absolute atomic E-state index is 0.0150. The first-order valence-electron chi connectivity index (χ1n) is 8.78. The first-order valence-corrected chi connectivity index (χ1v) is 9.15. The van der Waals surface area contributed by atoms with Crippen molar-refractivity contribution in [2.24, 2.45) is 5.41 Å². The van der Waals surface area contributed by atoms with Crippen LogP contribution in [0.5, 0.6) is 11.5 Å². The minimum atomic E-state index is -0.261. The van der Waals surface area contributed by atoms with E-state index in [9.17, 15) is 9.59 Å². The minimum Gasteiger partial charge on any atom is -0.493 e. The fourth-order valence-electron chi connectivity index (χ4n) is 3.16. The van der Waals surface area contributed by atoms with Crippen molar-refractivity contribution in [2.75, 3.05) is 13.7 Å². The summed E-state index contributed by atoms with van der Waals surface area (Å²) in [6.07, 6.45) is 0.992. The monoisotopic (exact) mass is 382 g/mol. The zero-order valence-corrected chi connectivity index (χ0v) is 16.7. The second-order valence-corrected chi connectivity index (χ2v) is 7.86. The van der Waals surface area contributed by atoms with Crippen molar-refractivity contribution in [3.63, 3.8) is 0 Å². The summed E-state index contributed by atoms with van der Waals surface area (Å²) >= 11 is 6.26. The highest BCUT2D eigenvalue weighted by Crippen LogP contribution is 2.36. The lowest BCUT2D eigenvalue weighted by Crippen LogP contribution is -2.60. The number of hydrogen-bond acceptors (Lipinski definition) is 4. The SMILES string of the molecule is CCOc1c(Cl)cc(C(=O)N[C@@H]2CCC(=O)N[C@H]2C(C)(C)C)cc1OC. The fraction of sp³-hybridized carbons (Fsp3) is 0.579. The fourth-order valence-corrected chi connectivity index (χ4v) is 3.43. The highest BCUT2D eigenvalue weighted by molar-refractivity contribution is 6.32. The van der Waals surface area contributed by atoms with Crippen LogP contribution in [-0.2, 0) is 4.79 Å². The smallest absolute Gasteiger partial charge is 0.251 e. The molecule has 6 nitrogen and oxygen atoms in total. The quantitative estimate of drug-likeness (QED) is 0.820. The highest BCUT2D eigenvalue weighted by atomic mass is 35.5. The van der Waals surface area contributed by atoms with Gasteiger partial charge in [0.25, 0.3) is 5.91 Å². The Morgan fingerprint density at radius 1 is 1.38 bits per heavy atom. The van der Waals surface area contributed by atoms with Gasteiger partial charge in [-0.3, -0.25) is 9.59 Å². The molecule has 1 aromatic rings. The number of methoxy groups -OCH3 is 1. The van der Waals surface area contributed by atoms with Crippen LogP contribution in [0.15, 0.2) is 12.1 Å². The lowest BCUT2D eigenvalue weighted by molar-refractivity contribution is -0.125. The van der Waals surface area contributed by atoms with Crippen LogP contribution < -0.4 is 20.1 Å². The van der Waals surface area contributed by atoms with E-state index in [0.717, 1.165) is 0 Å². The summed E-state index contributed by atoms with van der Waals surface area (Å²) in [7, 11) is 1.50. The molecular weight excluding hydrogens is 356 g/mol. The Morgan fingerprint density at radius 2 is 2.08 bits per heavy atom. The van der Waals surface area contributed by atoms with Crippen molar-refractivity contribution in [1.82, 2.24) is 10.6 Å². The summed E-state index contributed by atoms with van der Waals surface area (Å²) in [5.41, 5.74) is 0.210. The van der Waals surface area contributed by atoms with Gasteiger partial charge in [-0.2, -0.15) is 0 Å². The summed E-state index contributed by atoms with van der Waals surface area (Å²) in [5, 5.41) is 6.35. The molecule has 1 aliphatic rings. The Balaban J connectivity index is 2.23. The maximum atomic E-state index is 12.8. The summed E-state index contributed by atoms with van der Waals surface area (Å²) in [6.45, 7) is 8.41. The van der Waals surface area contributed by atoms with Gasteiger partial charge in [0.15, 0.2) is 11.5 Å². The largest absolute Gasteiger partial charge is 0.493 e. The van der Waals surface area contributed by atoms with Gasteiger partial charge in [0.2, 0.25) is 5.91 Å². The third-order valence-corrected chi connectivity index (χ3v) is 4.71. The van der Waals surface area contributed by atoms with Gasteiger partial charge in [-0.15, -0.1) is 0 Å². The van der Waals surface area contributed by atoms with E-state index in [4.69, 9.17) is 21.1 Å². The molecule has 2 rings (SSSR count). The van der Waals surface area contributed by atoms with Gasteiger partial charge in [-0.1, -0.05) is 32.4 Å². The second kappa shape index (κ2) is 8.16. The maximum absolute atomic E-state index is 12.8. The molecule has 7 heteroatoms. The number of nitrogens with one attached hydrogen (secondary N) is 2. The maximum Gasteiger partial charge on any atom is 0.251 e. The summed E-state index contributed by atoms with van der Waals surface area (Å²) in [6, 6.07) is 2.88. The Labute approximate surface area is 159 Å². The van der Waals surface area contributed by atoms with Crippen molar-refractivity contribution < 1.29 is 19.1 Å². The van der Waals surface area contributed by atoms with Crippen LogP contribution in [0.1, 0.15) is 50.9 Å². The summed E-state index contributed by atoms with van der Waals surface area (Å²) < 4.78 is 10.8. The van der Waals surface area contributed by atoms with E-state index < -0.39 is 0 Å². The lowest BCUT2D eigenvalue weighted by Gasteiger charge is -2.41. The zero-order chi connectivity index (χ0) is 19.5. The molecule has 0 unspecified atom stereocenters. The molecule has 0 radical (unpaired) electrons. The molecule has 2 N–H and O–H groups in total. The van der Waals surface area contributed by atoms with Gasteiger partial charge < -0.3 is 20.1 Å². The number of halogens is 1. The topological polar surface area (TPSA) is 76.7 Å². The van der Waals surface area contributed by atoms with E-state index in [0.29, 0.717) is 41.5 Å². The van der Waals surface area contributed by atoms with E-state index in [1.807, 2.05) is 27.7 Å². The van der Waals surface area contributed by atoms with E-state index >= 15 is 0 Å². The van der Waals surface area contributed by atoms with Gasteiger partial charge in [-0.25, -0.2) is 0 Å². The molecule has 2 atom stereocenters. The number of carbonyl (C=O) groups excluding carboxylic acids is 2. The number of hydrogen-bond donors (Lipinski definition) is 2. The van der Waals surface area contributed by atoms with Crippen LogP contribution in [0.4, 0.5) is 0 Å². The van der Waals surface area contributed by atoms with Gasteiger partial charge in [0, 0.05) is 12.0 Å². The third kappa shape index (κ3) is 4.61. The first-order chi connectivity index (χ1) is 12.2. The van der Waals surface area contributed by atoms with Crippen LogP contribution in [0.2, 0.25) is 5.02 Å². The number of ether oxygens (including phenoxy) is 2. The zero-order valence-electron chi connectivity index (χ0n) is 15.9. The molecule has 0 aromatic heterocycles. The van der Waals surface area contributed by atoms with E-state index in [2.05, 4.69) is 10.6 Å². The molecule has 144 valence electrons. The van der Waals surface area contributed by atoms with Crippen LogP contribution in [0.25, 0.3) is 0 Å². The van der Waals surface area contributed by atoms with Crippen molar-refractivity contribution in [3.05, 3.63) is 22.7 Å². The average Bonchev–Trinajstić information content (AvgIpc) is 2.57. The molecule has 1 aromatic carbocycles. The standard InChI is InChI=1S/C19H27ClN2O4/c1-6-26-16-12(20)9-11(10-14(16)25-5)18(24)21-13-7-8-15(23)22-17(13)19(2,3)4/h9-10,13,17H,6-8H2,1-5H3,(H,21,24)(H,22,23)/t13-,17-/m1/s1. The molecule has 26 heavy (non-hydrogen) atoms. The normalized spacial score (nSPS) is 20.3.